The van der Waals surface area contributed by atoms with Crippen LogP contribution in [-0.2, 0) is 0 Å². The van der Waals surface area contributed by atoms with Gasteiger partial charge in [0.05, 0.1) is 16.8 Å². The Morgan fingerprint density at radius 1 is 1.14 bits per heavy atom. The van der Waals surface area contributed by atoms with Crippen molar-refractivity contribution in [1.82, 2.24) is 15.2 Å². The lowest BCUT2D eigenvalue weighted by molar-refractivity contribution is 0.0693. The number of piperidine rings is 1. The number of hydrogen-bond acceptors (Lipinski definition) is 3. The molecule has 5 heteroatoms. The molecule has 1 aliphatic rings. The second-order valence-electron chi connectivity index (χ2n) is 7.38. The molecule has 0 atom stereocenters. The monoisotopic (exact) mass is 377 g/mol. The average Bonchev–Trinajstić information content (AvgIpc) is 2.73. The third-order valence-electron chi connectivity index (χ3n) is 5.47. The number of aromatic nitrogens is 1. The topological polar surface area (TPSA) is 45.2 Å². The number of pyridine rings is 1. The fraction of sp³-hybridized carbons (Fsp3) is 0.304. The van der Waals surface area contributed by atoms with Crippen molar-refractivity contribution in [3.05, 3.63) is 66.0 Å². The van der Waals surface area contributed by atoms with E-state index in [9.17, 15) is 9.18 Å². The van der Waals surface area contributed by atoms with Gasteiger partial charge in [0.2, 0.25) is 0 Å². The van der Waals surface area contributed by atoms with Gasteiger partial charge in [-0.05, 0) is 50.6 Å². The Balaban J connectivity index is 1.72. The van der Waals surface area contributed by atoms with Crippen molar-refractivity contribution in [2.45, 2.75) is 12.8 Å². The first-order valence-corrected chi connectivity index (χ1v) is 9.75. The lowest BCUT2D eigenvalue weighted by Crippen LogP contribution is -2.40. The molecular weight excluding hydrogens is 353 g/mol. The third-order valence-corrected chi connectivity index (χ3v) is 5.47. The van der Waals surface area contributed by atoms with Crippen LogP contribution < -0.4 is 5.32 Å². The molecule has 1 aliphatic heterocycles. The highest BCUT2D eigenvalue weighted by atomic mass is 19.1. The first-order chi connectivity index (χ1) is 13.7. The zero-order chi connectivity index (χ0) is 19.5. The molecular formula is C23H24FN3O. The minimum atomic E-state index is -0.350. The number of nitrogens with one attached hydrogen (secondary N) is 1. The average molecular weight is 377 g/mol. The van der Waals surface area contributed by atoms with Crippen LogP contribution in [0.2, 0.25) is 0 Å². The molecule has 0 unspecified atom stereocenters. The van der Waals surface area contributed by atoms with Gasteiger partial charge in [-0.1, -0.05) is 30.3 Å². The molecule has 0 radical (unpaired) electrons. The van der Waals surface area contributed by atoms with Crippen LogP contribution in [0, 0.1) is 11.7 Å². The van der Waals surface area contributed by atoms with E-state index < -0.39 is 0 Å². The number of likely N-dealkylation sites (tertiary alicyclic amines) is 1. The van der Waals surface area contributed by atoms with E-state index in [1.165, 1.54) is 12.1 Å². The van der Waals surface area contributed by atoms with E-state index in [2.05, 4.69) is 10.3 Å². The summed E-state index contributed by atoms with van der Waals surface area (Å²) in [6.07, 6.45) is 1.99. The molecule has 28 heavy (non-hydrogen) atoms. The molecule has 1 saturated heterocycles. The standard InChI is InChI=1S/C23H24FN3O/c1-25-15-16-9-11-27(12-10-16)23(28)20-14-21(17-5-3-2-4-6-17)26-22-13-18(24)7-8-19(20)22/h2-8,13-14,16,25H,9-12,15H2,1H3. The summed E-state index contributed by atoms with van der Waals surface area (Å²) in [4.78, 5) is 19.9. The fourth-order valence-corrected chi connectivity index (χ4v) is 3.93. The van der Waals surface area contributed by atoms with Gasteiger partial charge in [0, 0.05) is 30.1 Å². The zero-order valence-corrected chi connectivity index (χ0v) is 16.0. The highest BCUT2D eigenvalue weighted by Crippen LogP contribution is 2.28. The summed E-state index contributed by atoms with van der Waals surface area (Å²) in [6.45, 7) is 2.48. The van der Waals surface area contributed by atoms with Crippen molar-refractivity contribution in [3.8, 4) is 11.3 Å². The van der Waals surface area contributed by atoms with Crippen molar-refractivity contribution < 1.29 is 9.18 Å². The molecule has 2 heterocycles. The fourth-order valence-electron chi connectivity index (χ4n) is 3.93. The van der Waals surface area contributed by atoms with Crippen molar-refractivity contribution in [1.29, 1.82) is 0 Å². The van der Waals surface area contributed by atoms with Crippen molar-refractivity contribution in [2.24, 2.45) is 5.92 Å². The number of amides is 1. The van der Waals surface area contributed by atoms with Gasteiger partial charge in [-0.25, -0.2) is 9.37 Å². The van der Waals surface area contributed by atoms with Gasteiger partial charge >= 0.3 is 0 Å². The van der Waals surface area contributed by atoms with E-state index in [0.29, 0.717) is 28.1 Å². The van der Waals surface area contributed by atoms with E-state index in [-0.39, 0.29) is 11.7 Å². The van der Waals surface area contributed by atoms with E-state index in [0.717, 1.165) is 38.0 Å². The summed E-state index contributed by atoms with van der Waals surface area (Å²) in [6, 6.07) is 16.0. The molecule has 1 fully saturated rings. The summed E-state index contributed by atoms with van der Waals surface area (Å²) >= 11 is 0. The van der Waals surface area contributed by atoms with Gasteiger partial charge in [0.1, 0.15) is 5.82 Å². The minimum Gasteiger partial charge on any atom is -0.339 e. The predicted octanol–water partition coefficient (Wildman–Crippen LogP) is 4.11. The highest BCUT2D eigenvalue weighted by Gasteiger charge is 2.25. The largest absolute Gasteiger partial charge is 0.339 e. The quantitative estimate of drug-likeness (QED) is 0.744. The van der Waals surface area contributed by atoms with Gasteiger partial charge in [-0.2, -0.15) is 0 Å². The summed E-state index contributed by atoms with van der Waals surface area (Å²) in [5.74, 6) is 0.257. The van der Waals surface area contributed by atoms with E-state index in [4.69, 9.17) is 0 Å². The molecule has 0 bridgehead atoms. The minimum absolute atomic E-state index is 0.000836. The smallest absolute Gasteiger partial charge is 0.254 e. The second kappa shape index (κ2) is 8.07. The SMILES string of the molecule is CNCC1CCN(C(=O)c2cc(-c3ccccc3)nc3cc(F)ccc23)CC1. The molecule has 4 nitrogen and oxygen atoms in total. The highest BCUT2D eigenvalue weighted by molar-refractivity contribution is 6.07. The molecule has 1 amide bonds. The van der Waals surface area contributed by atoms with Gasteiger partial charge < -0.3 is 10.2 Å². The summed E-state index contributed by atoms with van der Waals surface area (Å²) in [5.41, 5.74) is 2.70. The van der Waals surface area contributed by atoms with Crippen LogP contribution in [-0.4, -0.2) is 42.5 Å². The Kier molecular flexibility index (Phi) is 5.35. The van der Waals surface area contributed by atoms with E-state index >= 15 is 0 Å². The maximum Gasteiger partial charge on any atom is 0.254 e. The number of benzene rings is 2. The molecule has 0 aliphatic carbocycles. The Bertz CT molecular complexity index is 982. The summed E-state index contributed by atoms with van der Waals surface area (Å²) in [7, 11) is 1.96. The number of nitrogens with zero attached hydrogens (tertiary/aromatic N) is 2. The molecule has 1 aromatic heterocycles. The number of hydrogen-bond donors (Lipinski definition) is 1. The number of fused-ring (bicyclic) bond motifs is 1. The number of rotatable bonds is 4. The Hall–Kier alpha value is -2.79. The first-order valence-electron chi connectivity index (χ1n) is 9.75. The third kappa shape index (κ3) is 3.76. The second-order valence-corrected chi connectivity index (χ2v) is 7.38. The van der Waals surface area contributed by atoms with Gasteiger partial charge in [0.25, 0.3) is 5.91 Å². The van der Waals surface area contributed by atoms with E-state index in [1.54, 1.807) is 6.07 Å². The van der Waals surface area contributed by atoms with Crippen LogP contribution in [0.5, 0.6) is 0 Å². The zero-order valence-electron chi connectivity index (χ0n) is 16.0. The molecule has 0 spiro atoms. The van der Waals surface area contributed by atoms with E-state index in [1.807, 2.05) is 48.3 Å². The van der Waals surface area contributed by atoms with Crippen LogP contribution in [0.4, 0.5) is 4.39 Å². The summed E-state index contributed by atoms with van der Waals surface area (Å²) in [5, 5.41) is 3.92. The maximum absolute atomic E-state index is 13.8. The van der Waals surface area contributed by atoms with Gasteiger partial charge in [0.15, 0.2) is 0 Å². The molecule has 0 saturated carbocycles. The lowest BCUT2D eigenvalue weighted by atomic mass is 9.95. The van der Waals surface area contributed by atoms with Crippen LogP contribution in [0.1, 0.15) is 23.2 Å². The predicted molar refractivity (Wildman–Crippen MR) is 110 cm³/mol. The van der Waals surface area contributed by atoms with Crippen LogP contribution in [0.25, 0.3) is 22.2 Å². The van der Waals surface area contributed by atoms with Gasteiger partial charge in [-0.3, -0.25) is 4.79 Å². The van der Waals surface area contributed by atoms with Crippen LogP contribution in [0.15, 0.2) is 54.6 Å². The number of carbonyl (C=O) groups is 1. The van der Waals surface area contributed by atoms with Crippen molar-refractivity contribution in [3.63, 3.8) is 0 Å². The molecule has 4 rings (SSSR count). The summed E-state index contributed by atoms with van der Waals surface area (Å²) < 4.78 is 13.8. The Labute approximate surface area is 164 Å². The van der Waals surface area contributed by atoms with Crippen molar-refractivity contribution in [2.75, 3.05) is 26.7 Å². The normalized spacial score (nSPS) is 15.1. The number of halogens is 1. The molecule has 2 aromatic carbocycles. The van der Waals surface area contributed by atoms with Crippen molar-refractivity contribution >= 4 is 16.8 Å². The first kappa shape index (κ1) is 18.6. The van der Waals surface area contributed by atoms with Gasteiger partial charge in [-0.15, -0.1) is 0 Å². The number of carbonyl (C=O) groups excluding carboxylic acids is 1. The van der Waals surface area contributed by atoms with Crippen LogP contribution >= 0.6 is 0 Å². The Morgan fingerprint density at radius 3 is 2.61 bits per heavy atom. The molecule has 3 aromatic rings. The van der Waals surface area contributed by atoms with Crippen LogP contribution in [0.3, 0.4) is 0 Å². The maximum atomic E-state index is 13.8. The Morgan fingerprint density at radius 2 is 1.89 bits per heavy atom. The lowest BCUT2D eigenvalue weighted by Gasteiger charge is -2.32. The molecule has 1 N–H and O–H groups in total. The molecule has 144 valence electrons.